The van der Waals surface area contributed by atoms with Crippen molar-refractivity contribution in [3.63, 3.8) is 0 Å². The van der Waals surface area contributed by atoms with E-state index in [0.717, 1.165) is 5.56 Å². The van der Waals surface area contributed by atoms with Crippen molar-refractivity contribution in [1.82, 2.24) is 20.2 Å². The van der Waals surface area contributed by atoms with Crippen LogP contribution in [0.1, 0.15) is 6.92 Å². The van der Waals surface area contributed by atoms with E-state index in [0.29, 0.717) is 34.6 Å². The molecule has 0 aliphatic carbocycles. The maximum Gasteiger partial charge on any atom is 0.182 e. The molecule has 2 N–H and O–H groups in total. The van der Waals surface area contributed by atoms with Gasteiger partial charge in [0.2, 0.25) is 0 Å². The molecule has 0 radical (unpaired) electrons. The Labute approximate surface area is 118 Å². The smallest absolute Gasteiger partial charge is 0.182 e. The van der Waals surface area contributed by atoms with Crippen molar-refractivity contribution in [2.75, 3.05) is 17.2 Å². The van der Waals surface area contributed by atoms with Crippen LogP contribution in [0.4, 0.5) is 5.69 Å². The lowest BCUT2D eigenvalue weighted by Crippen LogP contribution is -2.11. The lowest BCUT2D eigenvalue weighted by molar-refractivity contribution is 0.624. The number of tetrazole rings is 1. The van der Waals surface area contributed by atoms with Crippen molar-refractivity contribution < 1.29 is 4.21 Å². The minimum atomic E-state index is -0.847. The van der Waals surface area contributed by atoms with Gasteiger partial charge in [-0.15, -0.1) is 5.10 Å². The molecular weight excluding hydrogens is 286 g/mol. The van der Waals surface area contributed by atoms with E-state index in [1.807, 2.05) is 6.92 Å². The number of aromatic nitrogens is 4. The van der Waals surface area contributed by atoms with Crippen LogP contribution in [0.25, 0.3) is 11.4 Å². The van der Waals surface area contributed by atoms with Crippen LogP contribution in [0.3, 0.4) is 0 Å². The van der Waals surface area contributed by atoms with E-state index in [1.54, 1.807) is 22.9 Å². The molecule has 1 unspecified atom stereocenters. The van der Waals surface area contributed by atoms with Crippen LogP contribution < -0.4 is 5.73 Å². The summed E-state index contributed by atoms with van der Waals surface area (Å²) in [6.07, 6.45) is 0. The van der Waals surface area contributed by atoms with Gasteiger partial charge >= 0.3 is 0 Å². The van der Waals surface area contributed by atoms with Gasteiger partial charge in [-0.25, -0.2) is 4.68 Å². The first-order valence-electron chi connectivity index (χ1n) is 5.78. The monoisotopic (exact) mass is 299 g/mol. The molecule has 1 aromatic heterocycles. The molecule has 0 aliphatic rings. The van der Waals surface area contributed by atoms with Gasteiger partial charge in [-0.2, -0.15) is 0 Å². The Bertz CT molecular complexity index is 601. The van der Waals surface area contributed by atoms with Crippen LogP contribution in [0, 0.1) is 0 Å². The summed E-state index contributed by atoms with van der Waals surface area (Å²) in [4.78, 5) is 0. The standard InChI is InChI=1S/C11H14ClN5OS/c1-2-19(18)6-5-17-11(14-15-16-17)8-3-4-9(12)10(13)7-8/h3-4,7H,2,5-6,13H2,1H3. The SMILES string of the molecule is CCS(=O)CCn1nnnc1-c1ccc(Cl)c(N)c1. The first kappa shape index (κ1) is 14.0. The van der Waals surface area contributed by atoms with Gasteiger partial charge in [0.25, 0.3) is 0 Å². The predicted molar refractivity (Wildman–Crippen MR) is 76.2 cm³/mol. The van der Waals surface area contributed by atoms with E-state index in [9.17, 15) is 4.21 Å². The second-order valence-corrected chi connectivity index (χ2v) is 6.17. The quantitative estimate of drug-likeness (QED) is 0.842. The third-order valence-electron chi connectivity index (χ3n) is 2.64. The lowest BCUT2D eigenvalue weighted by atomic mass is 10.2. The van der Waals surface area contributed by atoms with Crippen LogP contribution >= 0.6 is 11.6 Å². The van der Waals surface area contributed by atoms with Gasteiger partial charge in [0.15, 0.2) is 5.82 Å². The average molecular weight is 300 g/mol. The summed E-state index contributed by atoms with van der Waals surface area (Å²) in [6.45, 7) is 2.39. The highest BCUT2D eigenvalue weighted by Crippen LogP contribution is 2.24. The molecular formula is C11H14ClN5OS. The number of nitrogens with two attached hydrogens (primary N) is 1. The average Bonchev–Trinajstić information content (AvgIpc) is 2.87. The number of hydrogen-bond donors (Lipinski definition) is 1. The number of halogens is 1. The van der Waals surface area contributed by atoms with Crippen LogP contribution in [0.15, 0.2) is 18.2 Å². The number of benzene rings is 1. The van der Waals surface area contributed by atoms with Gasteiger partial charge < -0.3 is 5.73 Å². The van der Waals surface area contributed by atoms with Crippen molar-refractivity contribution in [2.45, 2.75) is 13.5 Å². The summed E-state index contributed by atoms with van der Waals surface area (Å²) in [7, 11) is -0.847. The second-order valence-electron chi connectivity index (χ2n) is 3.89. The number of hydrogen-bond acceptors (Lipinski definition) is 5. The zero-order valence-electron chi connectivity index (χ0n) is 10.4. The Kier molecular flexibility index (Phi) is 4.49. The Balaban J connectivity index is 2.23. The summed E-state index contributed by atoms with van der Waals surface area (Å²) in [5, 5.41) is 12.0. The van der Waals surface area contributed by atoms with Gasteiger partial charge in [0, 0.05) is 27.9 Å². The Morgan fingerprint density at radius 3 is 2.95 bits per heavy atom. The molecule has 1 atom stereocenters. The molecule has 0 aliphatic heterocycles. The second kappa shape index (κ2) is 6.12. The zero-order chi connectivity index (χ0) is 13.8. The highest BCUT2D eigenvalue weighted by Gasteiger charge is 2.10. The van der Waals surface area contributed by atoms with Crippen LogP contribution in [-0.2, 0) is 17.3 Å². The number of anilines is 1. The van der Waals surface area contributed by atoms with E-state index in [-0.39, 0.29) is 0 Å². The zero-order valence-corrected chi connectivity index (χ0v) is 12.0. The van der Waals surface area contributed by atoms with Crippen molar-refractivity contribution in [2.24, 2.45) is 0 Å². The Morgan fingerprint density at radius 1 is 1.47 bits per heavy atom. The number of nitrogens with zero attached hydrogens (tertiary/aromatic N) is 4. The molecule has 102 valence electrons. The summed E-state index contributed by atoms with van der Waals surface area (Å²) < 4.78 is 13.1. The van der Waals surface area contributed by atoms with Gasteiger partial charge in [-0.3, -0.25) is 4.21 Å². The highest BCUT2D eigenvalue weighted by molar-refractivity contribution is 7.84. The minimum Gasteiger partial charge on any atom is -0.398 e. The minimum absolute atomic E-state index is 0.478. The van der Waals surface area contributed by atoms with Gasteiger partial charge in [-0.05, 0) is 28.6 Å². The molecule has 0 bridgehead atoms. The Morgan fingerprint density at radius 2 is 2.26 bits per heavy atom. The van der Waals surface area contributed by atoms with Crippen molar-refractivity contribution in [3.8, 4) is 11.4 Å². The topological polar surface area (TPSA) is 86.7 Å². The van der Waals surface area contributed by atoms with E-state index >= 15 is 0 Å². The summed E-state index contributed by atoms with van der Waals surface area (Å²) in [5.74, 6) is 1.75. The summed E-state index contributed by atoms with van der Waals surface area (Å²) in [6, 6.07) is 5.23. The van der Waals surface area contributed by atoms with E-state index in [2.05, 4.69) is 15.5 Å². The van der Waals surface area contributed by atoms with Gasteiger partial charge in [-0.1, -0.05) is 18.5 Å². The lowest BCUT2D eigenvalue weighted by Gasteiger charge is -2.05. The molecule has 2 aromatic rings. The number of rotatable bonds is 5. The number of aryl methyl sites for hydroxylation is 1. The molecule has 1 heterocycles. The first-order valence-corrected chi connectivity index (χ1v) is 7.65. The normalized spacial score (nSPS) is 12.5. The predicted octanol–water partition coefficient (Wildman–Crippen LogP) is 1.34. The van der Waals surface area contributed by atoms with Gasteiger partial charge in [0.1, 0.15) is 0 Å². The third-order valence-corrected chi connectivity index (χ3v) is 4.26. The molecule has 0 saturated carbocycles. The van der Waals surface area contributed by atoms with Crippen molar-refractivity contribution in [1.29, 1.82) is 0 Å². The Hall–Kier alpha value is -1.47. The number of nitrogen functional groups attached to an aromatic ring is 1. The maximum absolute atomic E-state index is 11.4. The van der Waals surface area contributed by atoms with Crippen LogP contribution in [-0.4, -0.2) is 35.9 Å². The van der Waals surface area contributed by atoms with E-state index < -0.39 is 10.8 Å². The molecule has 2 rings (SSSR count). The molecule has 0 spiro atoms. The van der Waals surface area contributed by atoms with Crippen LogP contribution in [0.2, 0.25) is 5.02 Å². The maximum atomic E-state index is 11.4. The van der Waals surface area contributed by atoms with Crippen molar-refractivity contribution >= 4 is 28.1 Å². The molecule has 6 nitrogen and oxygen atoms in total. The van der Waals surface area contributed by atoms with Crippen molar-refractivity contribution in [3.05, 3.63) is 23.2 Å². The first-order chi connectivity index (χ1) is 9.11. The molecule has 0 amide bonds. The highest BCUT2D eigenvalue weighted by atomic mass is 35.5. The van der Waals surface area contributed by atoms with E-state index in [4.69, 9.17) is 17.3 Å². The fourth-order valence-electron chi connectivity index (χ4n) is 1.58. The molecule has 19 heavy (non-hydrogen) atoms. The third kappa shape index (κ3) is 3.30. The molecule has 0 fully saturated rings. The summed E-state index contributed by atoms with van der Waals surface area (Å²) in [5.41, 5.74) is 7.03. The summed E-state index contributed by atoms with van der Waals surface area (Å²) >= 11 is 5.88. The molecule has 0 saturated heterocycles. The van der Waals surface area contributed by atoms with Crippen LogP contribution in [0.5, 0.6) is 0 Å². The molecule has 1 aromatic carbocycles. The largest absolute Gasteiger partial charge is 0.398 e. The van der Waals surface area contributed by atoms with E-state index in [1.165, 1.54) is 0 Å². The fourth-order valence-corrected chi connectivity index (χ4v) is 2.36. The molecule has 8 heteroatoms. The fraction of sp³-hybridized carbons (Fsp3) is 0.364. The van der Waals surface area contributed by atoms with Gasteiger partial charge in [0.05, 0.1) is 17.3 Å².